The Morgan fingerprint density at radius 3 is 2.64 bits per heavy atom. The third-order valence-electron chi connectivity index (χ3n) is 5.76. The van der Waals surface area contributed by atoms with Crippen LogP contribution in [-0.4, -0.2) is 82.2 Å². The highest BCUT2D eigenvalue weighted by Crippen LogP contribution is 2.28. The molecule has 0 fully saturated rings. The van der Waals surface area contributed by atoms with Gasteiger partial charge in [-0.25, -0.2) is 8.42 Å². The molecule has 0 saturated carbocycles. The maximum Gasteiger partial charge on any atom is 0.258 e. The number of fused-ring (bicyclic) bond motifs is 1. The molecule has 0 spiro atoms. The summed E-state index contributed by atoms with van der Waals surface area (Å²) in [5, 5.41) is 13.0. The van der Waals surface area contributed by atoms with Crippen LogP contribution in [-0.2, 0) is 14.8 Å². The lowest BCUT2D eigenvalue weighted by atomic mass is 10.0. The number of aliphatic hydroxyl groups excluding tert-OH is 1. The van der Waals surface area contributed by atoms with E-state index in [1.807, 2.05) is 20.9 Å². The van der Waals surface area contributed by atoms with E-state index < -0.39 is 16.1 Å². The summed E-state index contributed by atoms with van der Waals surface area (Å²) < 4.78 is 38.2. The molecule has 2 rings (SSSR count). The van der Waals surface area contributed by atoms with Gasteiger partial charge in [-0.2, -0.15) is 0 Å². The van der Waals surface area contributed by atoms with Crippen LogP contribution in [0.15, 0.2) is 18.2 Å². The summed E-state index contributed by atoms with van der Waals surface area (Å²) in [6, 6.07) is 4.27. The number of likely N-dealkylation sites (N-methyl/N-ethyl adjacent to an activating group) is 1. The van der Waals surface area contributed by atoms with Gasteiger partial charge in [-0.1, -0.05) is 6.92 Å². The second kappa shape index (κ2) is 12.5. The normalized spacial score (nSPS) is 24.4. The van der Waals surface area contributed by atoms with Crippen LogP contribution in [0.1, 0.15) is 50.4 Å². The minimum atomic E-state index is -3.52. The molecule has 1 amide bonds. The first-order chi connectivity index (χ1) is 15.6. The Kier molecular flexibility index (Phi) is 10.4. The summed E-state index contributed by atoms with van der Waals surface area (Å²) in [6.07, 6.45) is 3.45. The lowest BCUT2D eigenvalue weighted by molar-refractivity contribution is -0.000450. The second-order valence-electron chi connectivity index (χ2n) is 8.94. The fourth-order valence-electron chi connectivity index (χ4n) is 3.89. The number of carbonyl (C=O) groups excluding carboxylic acids is 1. The summed E-state index contributed by atoms with van der Waals surface area (Å²) in [6.45, 7) is 7.20. The Balaban J connectivity index is 2.51. The number of hydrogen-bond acceptors (Lipinski definition) is 7. The lowest BCUT2D eigenvalue weighted by Crippen LogP contribution is -2.47. The average molecular weight is 486 g/mol. The number of aliphatic hydroxyl groups is 1. The van der Waals surface area contributed by atoms with E-state index in [1.165, 1.54) is 6.07 Å². The monoisotopic (exact) mass is 485 g/mol. The van der Waals surface area contributed by atoms with Crippen molar-refractivity contribution in [2.45, 2.75) is 58.3 Å². The van der Waals surface area contributed by atoms with Gasteiger partial charge in [0.05, 0.1) is 36.7 Å². The van der Waals surface area contributed by atoms with Crippen LogP contribution < -0.4 is 14.8 Å². The molecule has 1 aromatic carbocycles. The van der Waals surface area contributed by atoms with Crippen molar-refractivity contribution in [1.29, 1.82) is 0 Å². The third-order valence-corrected chi connectivity index (χ3v) is 6.37. The number of benzene rings is 1. The molecule has 1 aliphatic rings. The first kappa shape index (κ1) is 27.4. The highest BCUT2D eigenvalue weighted by Gasteiger charge is 2.29. The van der Waals surface area contributed by atoms with Crippen molar-refractivity contribution >= 4 is 21.6 Å². The van der Waals surface area contributed by atoms with Crippen molar-refractivity contribution in [3.05, 3.63) is 23.8 Å². The van der Waals surface area contributed by atoms with Gasteiger partial charge < -0.3 is 24.8 Å². The van der Waals surface area contributed by atoms with Crippen LogP contribution in [0, 0.1) is 5.92 Å². The summed E-state index contributed by atoms with van der Waals surface area (Å²) in [4.78, 5) is 15.4. The molecule has 0 aliphatic carbocycles. The van der Waals surface area contributed by atoms with Crippen LogP contribution in [0.3, 0.4) is 0 Å². The van der Waals surface area contributed by atoms with Gasteiger partial charge in [0.2, 0.25) is 10.0 Å². The van der Waals surface area contributed by atoms with E-state index >= 15 is 0 Å². The van der Waals surface area contributed by atoms with E-state index in [9.17, 15) is 18.3 Å². The Hall–Kier alpha value is -1.88. The topological polar surface area (TPSA) is 117 Å². The summed E-state index contributed by atoms with van der Waals surface area (Å²) in [7, 11) is -1.65. The third kappa shape index (κ3) is 8.44. The smallest absolute Gasteiger partial charge is 0.258 e. The van der Waals surface area contributed by atoms with E-state index in [2.05, 4.69) is 10.0 Å². The standard InChI is InChI=1S/C23H39N3O6S/c1-16-14-26(17(2)15-27)23(28)20-12-19(25-33(5,29)30)9-10-21(20)32-18(3)8-6-7-11-31-22(16)13-24-4/h9-10,12,16-18,22,24-25,27H,6-8,11,13-15H2,1-5H3/t16-,17+,18+,22+/m1/s1. The number of sulfonamides is 1. The Labute approximate surface area is 197 Å². The van der Waals surface area contributed by atoms with Crippen LogP contribution in [0.25, 0.3) is 0 Å². The zero-order valence-electron chi connectivity index (χ0n) is 20.3. The van der Waals surface area contributed by atoms with Gasteiger partial charge >= 0.3 is 0 Å². The summed E-state index contributed by atoms with van der Waals surface area (Å²) in [5.74, 6) is 0.0661. The van der Waals surface area contributed by atoms with Crippen LogP contribution >= 0.6 is 0 Å². The van der Waals surface area contributed by atoms with E-state index in [4.69, 9.17) is 9.47 Å². The molecule has 4 atom stereocenters. The molecule has 1 heterocycles. The Morgan fingerprint density at radius 2 is 2.00 bits per heavy atom. The molecular formula is C23H39N3O6S. The Bertz CT molecular complexity index is 879. The molecule has 0 unspecified atom stereocenters. The predicted molar refractivity (Wildman–Crippen MR) is 129 cm³/mol. The molecule has 0 radical (unpaired) electrons. The fourth-order valence-corrected chi connectivity index (χ4v) is 4.45. The molecule has 3 N–H and O–H groups in total. The van der Waals surface area contributed by atoms with Gasteiger partial charge in [-0.15, -0.1) is 0 Å². The van der Waals surface area contributed by atoms with Gasteiger partial charge in [0.25, 0.3) is 5.91 Å². The van der Waals surface area contributed by atoms with Gasteiger partial charge in [0, 0.05) is 31.3 Å². The Morgan fingerprint density at radius 1 is 1.27 bits per heavy atom. The first-order valence-corrected chi connectivity index (χ1v) is 13.4. The van der Waals surface area contributed by atoms with Crippen LogP contribution in [0.4, 0.5) is 5.69 Å². The number of hydrogen-bond donors (Lipinski definition) is 3. The van der Waals surface area contributed by atoms with Crippen molar-refractivity contribution in [2.75, 3.05) is 44.3 Å². The number of anilines is 1. The summed E-state index contributed by atoms with van der Waals surface area (Å²) in [5.41, 5.74) is 0.536. The van der Waals surface area contributed by atoms with Crippen molar-refractivity contribution < 1.29 is 27.8 Å². The van der Waals surface area contributed by atoms with E-state index in [0.717, 1.165) is 25.5 Å². The largest absolute Gasteiger partial charge is 0.490 e. The number of nitrogens with one attached hydrogen (secondary N) is 2. The zero-order valence-corrected chi connectivity index (χ0v) is 21.2. The number of carbonyl (C=O) groups is 1. The molecule has 188 valence electrons. The van der Waals surface area contributed by atoms with E-state index in [1.54, 1.807) is 24.0 Å². The number of nitrogens with zero attached hydrogens (tertiary/aromatic N) is 1. The van der Waals surface area contributed by atoms with E-state index in [-0.39, 0.29) is 41.9 Å². The zero-order chi connectivity index (χ0) is 24.6. The second-order valence-corrected chi connectivity index (χ2v) is 10.7. The predicted octanol–water partition coefficient (Wildman–Crippen LogP) is 2.07. The number of rotatable bonds is 6. The van der Waals surface area contributed by atoms with Gasteiger partial charge in [-0.05, 0) is 58.4 Å². The van der Waals surface area contributed by atoms with Crippen molar-refractivity contribution in [1.82, 2.24) is 10.2 Å². The summed E-state index contributed by atoms with van der Waals surface area (Å²) >= 11 is 0. The number of amides is 1. The molecule has 1 aromatic rings. The van der Waals surface area contributed by atoms with Crippen LogP contribution in [0.2, 0.25) is 0 Å². The molecule has 9 nitrogen and oxygen atoms in total. The van der Waals surface area contributed by atoms with Crippen molar-refractivity contribution in [3.8, 4) is 5.75 Å². The van der Waals surface area contributed by atoms with Crippen LogP contribution in [0.5, 0.6) is 5.75 Å². The molecule has 33 heavy (non-hydrogen) atoms. The lowest BCUT2D eigenvalue weighted by Gasteiger charge is -2.34. The van der Waals surface area contributed by atoms with E-state index in [0.29, 0.717) is 25.4 Å². The number of ether oxygens (including phenoxy) is 2. The molecule has 10 heteroatoms. The molecule has 0 bridgehead atoms. The quantitative estimate of drug-likeness (QED) is 0.565. The minimum absolute atomic E-state index is 0.000963. The van der Waals surface area contributed by atoms with Crippen molar-refractivity contribution in [3.63, 3.8) is 0 Å². The molecule has 1 aliphatic heterocycles. The molecule has 0 aromatic heterocycles. The fraction of sp³-hybridized carbons (Fsp3) is 0.696. The minimum Gasteiger partial charge on any atom is -0.490 e. The highest BCUT2D eigenvalue weighted by atomic mass is 32.2. The maximum atomic E-state index is 13.7. The van der Waals surface area contributed by atoms with Crippen molar-refractivity contribution in [2.24, 2.45) is 5.92 Å². The first-order valence-electron chi connectivity index (χ1n) is 11.5. The van der Waals surface area contributed by atoms with Gasteiger partial charge in [-0.3, -0.25) is 9.52 Å². The SMILES string of the molecule is CNC[C@@H]1OCCCC[C@H](C)Oc2ccc(NS(C)(=O)=O)cc2C(=O)N([C@@H](C)CO)C[C@H]1C. The highest BCUT2D eigenvalue weighted by molar-refractivity contribution is 7.92. The maximum absolute atomic E-state index is 13.7. The average Bonchev–Trinajstić information content (AvgIpc) is 2.74. The molecular weight excluding hydrogens is 446 g/mol. The van der Waals surface area contributed by atoms with Gasteiger partial charge in [0.15, 0.2) is 0 Å². The molecule has 0 saturated heterocycles. The van der Waals surface area contributed by atoms with Gasteiger partial charge in [0.1, 0.15) is 5.75 Å².